The van der Waals surface area contributed by atoms with Gasteiger partial charge < -0.3 is 13.9 Å². The Labute approximate surface area is 182 Å². The van der Waals surface area contributed by atoms with E-state index in [-0.39, 0.29) is 18.4 Å². The average molecular weight is 432 g/mol. The topological polar surface area (TPSA) is 137 Å². The number of hydrogen-bond donors (Lipinski definition) is 0. The molecule has 0 saturated carbocycles. The Balaban J connectivity index is 1.26. The van der Waals surface area contributed by atoms with E-state index in [2.05, 4.69) is 35.2 Å². The van der Waals surface area contributed by atoms with Gasteiger partial charge in [0.05, 0.1) is 0 Å². The molecule has 0 aliphatic carbocycles. The van der Waals surface area contributed by atoms with E-state index >= 15 is 0 Å². The lowest BCUT2D eigenvalue weighted by Gasteiger charge is -2.33. The van der Waals surface area contributed by atoms with Crippen molar-refractivity contribution in [3.63, 3.8) is 0 Å². The Morgan fingerprint density at radius 3 is 2.62 bits per heavy atom. The van der Waals surface area contributed by atoms with Crippen molar-refractivity contribution in [3.8, 4) is 23.0 Å². The fraction of sp³-hybridized carbons (Fsp3) is 0.333. The first-order valence-corrected chi connectivity index (χ1v) is 10.4. The third-order valence-electron chi connectivity index (χ3n) is 5.28. The zero-order chi connectivity index (χ0) is 21.8. The van der Waals surface area contributed by atoms with E-state index in [0.29, 0.717) is 42.2 Å². The summed E-state index contributed by atoms with van der Waals surface area (Å²) in [7, 11) is 0. The van der Waals surface area contributed by atoms with Crippen LogP contribution >= 0.6 is 0 Å². The van der Waals surface area contributed by atoms with Gasteiger partial charge in [0.25, 0.3) is 0 Å². The van der Waals surface area contributed by atoms with Crippen LogP contribution < -0.4 is 0 Å². The van der Waals surface area contributed by atoms with E-state index in [1.165, 1.54) is 0 Å². The maximum absolute atomic E-state index is 13.0. The van der Waals surface area contributed by atoms with Crippen molar-refractivity contribution in [1.82, 2.24) is 40.1 Å². The number of carbonyl (C=O) groups excluding carboxylic acids is 1. The van der Waals surface area contributed by atoms with Crippen LogP contribution in [0, 0.1) is 0 Å². The van der Waals surface area contributed by atoms with Crippen LogP contribution in [-0.4, -0.2) is 52.6 Å². The molecule has 1 aliphatic rings. The molecule has 11 nitrogen and oxygen atoms in total. The second kappa shape index (κ2) is 9.00. The van der Waals surface area contributed by atoms with Crippen molar-refractivity contribution in [2.45, 2.75) is 38.1 Å². The number of aryl methyl sites for hydroxylation is 1. The Kier molecular flexibility index (Phi) is 5.60. The Hall–Kier alpha value is -4.02. The van der Waals surface area contributed by atoms with Gasteiger partial charge >= 0.3 is 0 Å². The fourth-order valence-corrected chi connectivity index (χ4v) is 3.69. The van der Waals surface area contributed by atoms with Crippen LogP contribution in [0.25, 0.3) is 23.0 Å². The molecule has 11 heteroatoms. The highest BCUT2D eigenvalue weighted by atomic mass is 16.5. The van der Waals surface area contributed by atoms with Crippen LogP contribution in [0.15, 0.2) is 52.0 Å². The summed E-state index contributed by atoms with van der Waals surface area (Å²) in [6.07, 6.45) is 9.83. The first-order chi connectivity index (χ1) is 15.8. The lowest BCUT2D eigenvalue weighted by Crippen LogP contribution is -2.38. The molecule has 1 unspecified atom stereocenters. The largest absolute Gasteiger partial charge is 0.339 e. The predicted molar refractivity (Wildman–Crippen MR) is 109 cm³/mol. The highest BCUT2D eigenvalue weighted by Crippen LogP contribution is 2.31. The second-order valence-electron chi connectivity index (χ2n) is 7.37. The number of carbonyl (C=O) groups is 1. The number of hydrogen-bond acceptors (Lipinski definition) is 10. The summed E-state index contributed by atoms with van der Waals surface area (Å²) in [6, 6.07) is 5.06. The summed E-state index contributed by atoms with van der Waals surface area (Å²) in [5, 5.41) is 7.98. The molecule has 32 heavy (non-hydrogen) atoms. The number of nitrogens with zero attached hydrogens (tertiary/aromatic N) is 8. The molecule has 1 atom stereocenters. The molecule has 4 aromatic heterocycles. The SMILES string of the molecule is O=C(CCc1nc(-c2ccncc2)no1)N1CCCCC1c1nc(-c2ncccn2)no1. The molecule has 0 N–H and O–H groups in total. The lowest BCUT2D eigenvalue weighted by atomic mass is 10.0. The van der Waals surface area contributed by atoms with E-state index in [9.17, 15) is 4.79 Å². The number of piperidine rings is 1. The Morgan fingerprint density at radius 1 is 0.969 bits per heavy atom. The van der Waals surface area contributed by atoms with E-state index in [4.69, 9.17) is 9.05 Å². The average Bonchev–Trinajstić information content (AvgIpc) is 3.54. The minimum atomic E-state index is -0.267. The molecule has 162 valence electrons. The van der Waals surface area contributed by atoms with Crippen molar-refractivity contribution in [3.05, 3.63) is 54.8 Å². The lowest BCUT2D eigenvalue weighted by molar-refractivity contribution is -0.135. The van der Waals surface area contributed by atoms with Gasteiger partial charge in [0.15, 0.2) is 0 Å². The number of likely N-dealkylation sites (tertiary alicyclic amines) is 1. The van der Waals surface area contributed by atoms with E-state index in [0.717, 1.165) is 24.8 Å². The van der Waals surface area contributed by atoms with Crippen LogP contribution in [0.1, 0.15) is 43.5 Å². The van der Waals surface area contributed by atoms with Gasteiger partial charge in [-0.25, -0.2) is 9.97 Å². The molecule has 5 rings (SSSR count). The normalized spacial score (nSPS) is 16.2. The quantitative estimate of drug-likeness (QED) is 0.447. The molecule has 0 aromatic carbocycles. The van der Waals surface area contributed by atoms with E-state index in [1.54, 1.807) is 47.9 Å². The molecule has 5 heterocycles. The minimum Gasteiger partial charge on any atom is -0.339 e. The standard InChI is InChI=1S/C21H20N8O3/c30-17(6-5-16-25-18(27-31-16)14-7-11-22-12-8-14)29-13-2-1-4-15(29)21-26-20(28-32-21)19-23-9-3-10-24-19/h3,7-12,15H,1-2,4-6,13H2. The molecule has 1 saturated heterocycles. The number of rotatable bonds is 6. The highest BCUT2D eigenvalue weighted by molar-refractivity contribution is 5.77. The molecular formula is C21H20N8O3. The minimum absolute atomic E-state index is 0.0194. The Bertz CT molecular complexity index is 1180. The molecule has 1 aliphatic heterocycles. The molecule has 0 bridgehead atoms. The van der Waals surface area contributed by atoms with Crippen LogP contribution in [0.4, 0.5) is 0 Å². The van der Waals surface area contributed by atoms with Crippen molar-refractivity contribution in [2.75, 3.05) is 6.54 Å². The van der Waals surface area contributed by atoms with Crippen molar-refractivity contribution < 1.29 is 13.8 Å². The maximum atomic E-state index is 13.0. The summed E-state index contributed by atoms with van der Waals surface area (Å²) >= 11 is 0. The second-order valence-corrected chi connectivity index (χ2v) is 7.37. The van der Waals surface area contributed by atoms with Crippen LogP contribution in [0.2, 0.25) is 0 Å². The van der Waals surface area contributed by atoms with Gasteiger partial charge in [-0.1, -0.05) is 10.3 Å². The van der Waals surface area contributed by atoms with Crippen LogP contribution in [0.3, 0.4) is 0 Å². The summed E-state index contributed by atoms with van der Waals surface area (Å²) in [5.74, 6) is 1.98. The van der Waals surface area contributed by atoms with Gasteiger partial charge in [0, 0.05) is 49.7 Å². The van der Waals surface area contributed by atoms with Gasteiger partial charge in [0.2, 0.25) is 35.2 Å². The third kappa shape index (κ3) is 4.22. The van der Waals surface area contributed by atoms with E-state index in [1.807, 2.05) is 0 Å². The van der Waals surface area contributed by atoms with Crippen LogP contribution in [-0.2, 0) is 11.2 Å². The number of pyridine rings is 1. The summed E-state index contributed by atoms with van der Waals surface area (Å²) in [6.45, 7) is 0.634. The van der Waals surface area contributed by atoms with Crippen LogP contribution in [0.5, 0.6) is 0 Å². The van der Waals surface area contributed by atoms with Gasteiger partial charge in [0.1, 0.15) is 6.04 Å². The number of amides is 1. The highest BCUT2D eigenvalue weighted by Gasteiger charge is 2.32. The zero-order valence-corrected chi connectivity index (χ0v) is 17.2. The molecule has 4 aromatic rings. The first kappa shape index (κ1) is 19.9. The molecule has 0 spiro atoms. The van der Waals surface area contributed by atoms with E-state index < -0.39 is 0 Å². The number of aromatic nitrogens is 7. The van der Waals surface area contributed by atoms with Crippen molar-refractivity contribution in [2.24, 2.45) is 0 Å². The molecular weight excluding hydrogens is 412 g/mol. The Morgan fingerprint density at radius 2 is 1.78 bits per heavy atom. The first-order valence-electron chi connectivity index (χ1n) is 10.4. The smallest absolute Gasteiger partial charge is 0.249 e. The van der Waals surface area contributed by atoms with Gasteiger partial charge in [-0.05, 0) is 37.5 Å². The molecule has 0 radical (unpaired) electrons. The van der Waals surface area contributed by atoms with Gasteiger partial charge in [-0.3, -0.25) is 9.78 Å². The van der Waals surface area contributed by atoms with Crippen molar-refractivity contribution in [1.29, 1.82) is 0 Å². The zero-order valence-electron chi connectivity index (χ0n) is 17.2. The van der Waals surface area contributed by atoms with Gasteiger partial charge in [-0.2, -0.15) is 9.97 Å². The third-order valence-corrected chi connectivity index (χ3v) is 5.28. The molecule has 1 amide bonds. The summed E-state index contributed by atoms with van der Waals surface area (Å²) in [4.78, 5) is 35.9. The fourth-order valence-electron chi connectivity index (χ4n) is 3.69. The monoisotopic (exact) mass is 432 g/mol. The summed E-state index contributed by atoms with van der Waals surface area (Å²) < 4.78 is 10.8. The predicted octanol–water partition coefficient (Wildman–Crippen LogP) is 2.66. The van der Waals surface area contributed by atoms with Gasteiger partial charge in [-0.15, -0.1) is 0 Å². The summed E-state index contributed by atoms with van der Waals surface area (Å²) in [5.41, 5.74) is 0.812. The molecule has 1 fully saturated rings. The maximum Gasteiger partial charge on any atom is 0.249 e. The van der Waals surface area contributed by atoms with Crippen molar-refractivity contribution >= 4 is 5.91 Å².